The Labute approximate surface area is 131 Å². The Morgan fingerprint density at radius 3 is 2.70 bits per heavy atom. The van der Waals surface area contributed by atoms with E-state index >= 15 is 0 Å². The average Bonchev–Trinajstić information content (AvgIpc) is 2.43. The quantitative estimate of drug-likeness (QED) is 0.849. The summed E-state index contributed by atoms with van der Waals surface area (Å²) in [6.07, 6.45) is 0. The van der Waals surface area contributed by atoms with E-state index < -0.39 is 0 Å². The van der Waals surface area contributed by atoms with E-state index in [0.717, 1.165) is 10.0 Å². The van der Waals surface area contributed by atoms with Crippen LogP contribution in [0.1, 0.15) is 15.9 Å². The first kappa shape index (κ1) is 14.9. The molecule has 3 nitrogen and oxygen atoms in total. The molecule has 0 bridgehead atoms. The largest absolute Gasteiger partial charge is 0.399 e. The number of hydrogen-bond donors (Lipinski definition) is 1. The summed E-state index contributed by atoms with van der Waals surface area (Å²) < 4.78 is 0.971. The molecule has 0 radical (unpaired) electrons. The van der Waals surface area contributed by atoms with Crippen molar-refractivity contribution in [1.82, 2.24) is 4.90 Å². The summed E-state index contributed by atoms with van der Waals surface area (Å²) in [5.41, 5.74) is 7.67. The number of nitrogens with two attached hydrogens (primary N) is 1. The van der Waals surface area contributed by atoms with Gasteiger partial charge in [-0.3, -0.25) is 4.79 Å². The van der Waals surface area contributed by atoms with Gasteiger partial charge in [0.15, 0.2) is 0 Å². The molecule has 0 aliphatic heterocycles. The zero-order valence-corrected chi connectivity index (χ0v) is 13.3. The van der Waals surface area contributed by atoms with Crippen molar-refractivity contribution < 1.29 is 4.79 Å². The molecular weight excluding hydrogens is 340 g/mol. The van der Waals surface area contributed by atoms with Crippen molar-refractivity contribution in [3.63, 3.8) is 0 Å². The van der Waals surface area contributed by atoms with Crippen LogP contribution >= 0.6 is 27.5 Å². The number of halogens is 2. The maximum Gasteiger partial charge on any atom is 0.255 e. The van der Waals surface area contributed by atoms with Crippen molar-refractivity contribution in [2.24, 2.45) is 0 Å². The molecule has 2 N–H and O–H groups in total. The second kappa shape index (κ2) is 6.29. The lowest BCUT2D eigenvalue weighted by atomic mass is 10.1. The molecule has 0 unspecified atom stereocenters. The summed E-state index contributed by atoms with van der Waals surface area (Å²) >= 11 is 9.53. The predicted octanol–water partition coefficient (Wildman–Crippen LogP) is 3.96. The summed E-state index contributed by atoms with van der Waals surface area (Å²) in [6, 6.07) is 12.7. The fraction of sp³-hybridized carbons (Fsp3) is 0.133. The highest BCUT2D eigenvalue weighted by Gasteiger charge is 2.16. The van der Waals surface area contributed by atoms with E-state index in [2.05, 4.69) is 15.9 Å². The van der Waals surface area contributed by atoms with Gasteiger partial charge >= 0.3 is 0 Å². The van der Waals surface area contributed by atoms with Gasteiger partial charge in [0.2, 0.25) is 0 Å². The minimum atomic E-state index is -0.155. The smallest absolute Gasteiger partial charge is 0.255 e. The third kappa shape index (κ3) is 3.32. The zero-order chi connectivity index (χ0) is 14.7. The summed E-state index contributed by atoms with van der Waals surface area (Å²) in [6.45, 7) is 0.491. The van der Waals surface area contributed by atoms with Gasteiger partial charge in [0.25, 0.3) is 5.91 Å². The maximum absolute atomic E-state index is 12.4. The molecule has 0 heterocycles. The molecule has 0 aliphatic carbocycles. The van der Waals surface area contributed by atoms with Crippen molar-refractivity contribution >= 4 is 39.1 Å². The molecule has 1 amide bonds. The molecule has 0 spiro atoms. The molecule has 0 atom stereocenters. The van der Waals surface area contributed by atoms with Gasteiger partial charge in [0.05, 0.1) is 10.6 Å². The highest BCUT2D eigenvalue weighted by atomic mass is 79.9. The van der Waals surface area contributed by atoms with Gasteiger partial charge in [-0.1, -0.05) is 45.7 Å². The van der Waals surface area contributed by atoms with Crippen LogP contribution in [0, 0.1) is 0 Å². The third-order valence-electron chi connectivity index (χ3n) is 2.93. The van der Waals surface area contributed by atoms with Gasteiger partial charge in [0, 0.05) is 23.8 Å². The lowest BCUT2D eigenvalue weighted by Gasteiger charge is -2.19. The zero-order valence-electron chi connectivity index (χ0n) is 10.9. The maximum atomic E-state index is 12.4. The van der Waals surface area contributed by atoms with E-state index in [-0.39, 0.29) is 5.91 Å². The topological polar surface area (TPSA) is 46.3 Å². The molecule has 0 fully saturated rings. The number of carbonyl (C=O) groups excluding carboxylic acids is 1. The first-order chi connectivity index (χ1) is 9.49. The van der Waals surface area contributed by atoms with Crippen LogP contribution in [-0.4, -0.2) is 17.9 Å². The number of benzene rings is 2. The van der Waals surface area contributed by atoms with Gasteiger partial charge in [-0.25, -0.2) is 0 Å². The van der Waals surface area contributed by atoms with Gasteiger partial charge in [-0.15, -0.1) is 0 Å². The fourth-order valence-corrected chi connectivity index (χ4v) is 2.47. The van der Waals surface area contributed by atoms with Crippen LogP contribution in [0.4, 0.5) is 5.69 Å². The number of amides is 1. The highest BCUT2D eigenvalue weighted by Crippen LogP contribution is 2.22. The van der Waals surface area contributed by atoms with Crippen LogP contribution in [0.5, 0.6) is 0 Å². The summed E-state index contributed by atoms with van der Waals surface area (Å²) in [5.74, 6) is -0.155. The van der Waals surface area contributed by atoms with E-state index in [9.17, 15) is 4.79 Å². The standard InChI is InChI=1S/C15H14BrClN2O/c1-19(9-10-4-2-3-5-13(10)16)15(20)12-8-11(18)6-7-14(12)17/h2-8H,9,18H2,1H3. The van der Waals surface area contributed by atoms with Crippen molar-refractivity contribution in [3.8, 4) is 0 Å². The molecule has 0 saturated carbocycles. The Hall–Kier alpha value is -1.52. The van der Waals surface area contributed by atoms with Crippen molar-refractivity contribution in [2.75, 3.05) is 12.8 Å². The molecule has 2 aromatic rings. The number of nitrogen functional groups attached to an aromatic ring is 1. The van der Waals surface area contributed by atoms with Crippen molar-refractivity contribution in [1.29, 1.82) is 0 Å². The van der Waals surface area contributed by atoms with E-state index in [4.69, 9.17) is 17.3 Å². The molecule has 0 aliphatic rings. The van der Waals surface area contributed by atoms with Gasteiger partial charge in [0.1, 0.15) is 0 Å². The molecule has 2 aromatic carbocycles. The molecule has 104 valence electrons. The highest BCUT2D eigenvalue weighted by molar-refractivity contribution is 9.10. The minimum Gasteiger partial charge on any atom is -0.399 e. The van der Waals surface area contributed by atoms with Crippen LogP contribution in [0.2, 0.25) is 5.02 Å². The minimum absolute atomic E-state index is 0.155. The third-order valence-corrected chi connectivity index (χ3v) is 4.04. The SMILES string of the molecule is CN(Cc1ccccc1Br)C(=O)c1cc(N)ccc1Cl. The van der Waals surface area contributed by atoms with Crippen LogP contribution in [0.25, 0.3) is 0 Å². The summed E-state index contributed by atoms with van der Waals surface area (Å²) in [5, 5.41) is 0.406. The van der Waals surface area contributed by atoms with E-state index in [1.54, 1.807) is 30.1 Å². The summed E-state index contributed by atoms with van der Waals surface area (Å²) in [4.78, 5) is 14.0. The van der Waals surface area contributed by atoms with E-state index in [1.165, 1.54) is 0 Å². The van der Waals surface area contributed by atoms with Crippen LogP contribution < -0.4 is 5.73 Å². The first-order valence-corrected chi connectivity index (χ1v) is 7.20. The second-order valence-corrected chi connectivity index (χ2v) is 5.75. The van der Waals surface area contributed by atoms with Gasteiger partial charge in [-0.05, 0) is 29.8 Å². The Bertz CT molecular complexity index is 646. The van der Waals surface area contributed by atoms with Gasteiger partial charge < -0.3 is 10.6 Å². The number of nitrogens with zero attached hydrogens (tertiary/aromatic N) is 1. The molecule has 5 heteroatoms. The lowest BCUT2D eigenvalue weighted by molar-refractivity contribution is 0.0785. The Kier molecular flexibility index (Phi) is 4.68. The van der Waals surface area contributed by atoms with Crippen molar-refractivity contribution in [2.45, 2.75) is 6.54 Å². The number of anilines is 1. The van der Waals surface area contributed by atoms with Crippen LogP contribution in [0.3, 0.4) is 0 Å². The Morgan fingerprint density at radius 1 is 1.30 bits per heavy atom. The van der Waals surface area contributed by atoms with Crippen LogP contribution in [0.15, 0.2) is 46.9 Å². The molecular formula is C15H14BrClN2O. The number of rotatable bonds is 3. The van der Waals surface area contributed by atoms with E-state index in [0.29, 0.717) is 22.8 Å². The molecule has 0 saturated heterocycles. The fourth-order valence-electron chi connectivity index (χ4n) is 1.87. The Morgan fingerprint density at radius 2 is 2.00 bits per heavy atom. The average molecular weight is 354 g/mol. The monoisotopic (exact) mass is 352 g/mol. The van der Waals surface area contributed by atoms with Crippen LogP contribution in [-0.2, 0) is 6.54 Å². The first-order valence-electron chi connectivity index (χ1n) is 6.03. The van der Waals surface area contributed by atoms with Crippen molar-refractivity contribution in [3.05, 3.63) is 63.1 Å². The molecule has 20 heavy (non-hydrogen) atoms. The molecule has 0 aromatic heterocycles. The van der Waals surface area contributed by atoms with E-state index in [1.807, 2.05) is 24.3 Å². The second-order valence-electron chi connectivity index (χ2n) is 4.49. The predicted molar refractivity (Wildman–Crippen MR) is 85.8 cm³/mol. The number of hydrogen-bond acceptors (Lipinski definition) is 2. The Balaban J connectivity index is 2.21. The van der Waals surface area contributed by atoms with Gasteiger partial charge in [-0.2, -0.15) is 0 Å². The lowest BCUT2D eigenvalue weighted by Crippen LogP contribution is -2.26. The normalized spacial score (nSPS) is 10.3. The summed E-state index contributed by atoms with van der Waals surface area (Å²) in [7, 11) is 1.74. The number of carbonyl (C=O) groups is 1. The molecule has 2 rings (SSSR count).